The van der Waals surface area contributed by atoms with Crippen LogP contribution in [0.25, 0.3) is 0 Å². The molecule has 1 heterocycles. The third-order valence-electron chi connectivity index (χ3n) is 3.34. The van der Waals surface area contributed by atoms with Crippen molar-refractivity contribution in [2.45, 2.75) is 33.1 Å². The highest BCUT2D eigenvalue weighted by Crippen LogP contribution is 2.31. The molecule has 5 nitrogen and oxygen atoms in total. The largest absolute Gasteiger partial charge is 0.481 e. The third kappa shape index (κ3) is 3.67. The van der Waals surface area contributed by atoms with E-state index in [4.69, 9.17) is 11.6 Å². The monoisotopic (exact) mass is 284 g/mol. The van der Waals surface area contributed by atoms with Crippen LogP contribution in [0.4, 0.5) is 5.69 Å². The lowest BCUT2D eigenvalue weighted by atomic mass is 9.79. The zero-order valence-electron chi connectivity index (χ0n) is 10.9. The van der Waals surface area contributed by atoms with Gasteiger partial charge in [0.05, 0.1) is 11.1 Å². The molecule has 1 aromatic heterocycles. The fourth-order valence-corrected chi connectivity index (χ4v) is 2.03. The summed E-state index contributed by atoms with van der Waals surface area (Å²) < 4.78 is 0. The summed E-state index contributed by atoms with van der Waals surface area (Å²) in [4.78, 5) is 27.1. The number of pyridine rings is 1. The molecule has 0 fully saturated rings. The normalized spacial score (nSPS) is 11.1. The average molecular weight is 285 g/mol. The smallest absolute Gasteiger partial charge is 0.310 e. The molecule has 0 saturated heterocycles. The van der Waals surface area contributed by atoms with Gasteiger partial charge in [-0.1, -0.05) is 25.4 Å². The quantitative estimate of drug-likeness (QED) is 0.787. The molecule has 1 rings (SSSR count). The number of carboxylic acids is 1. The maximum Gasteiger partial charge on any atom is 0.310 e. The second kappa shape index (κ2) is 6.52. The second-order valence-corrected chi connectivity index (χ2v) is 4.72. The van der Waals surface area contributed by atoms with E-state index < -0.39 is 11.4 Å². The van der Waals surface area contributed by atoms with Crippen molar-refractivity contribution in [3.63, 3.8) is 0 Å². The Morgan fingerprint density at radius 1 is 1.42 bits per heavy atom. The first-order valence-corrected chi connectivity index (χ1v) is 6.46. The van der Waals surface area contributed by atoms with E-state index in [2.05, 4.69) is 10.3 Å². The number of amides is 1. The molecule has 1 amide bonds. The number of hydrogen-bond donors (Lipinski definition) is 2. The zero-order valence-corrected chi connectivity index (χ0v) is 11.7. The molecule has 0 unspecified atom stereocenters. The van der Waals surface area contributed by atoms with E-state index in [-0.39, 0.29) is 17.5 Å². The summed E-state index contributed by atoms with van der Waals surface area (Å²) in [5.41, 5.74) is -0.639. The number of halogens is 1. The predicted molar refractivity (Wildman–Crippen MR) is 73.1 cm³/mol. The van der Waals surface area contributed by atoms with E-state index in [1.807, 2.05) is 0 Å². The number of rotatable bonds is 6. The number of carboxylic acid groups (broad SMARTS) is 1. The number of nitrogens with one attached hydrogen (secondary N) is 1. The topological polar surface area (TPSA) is 79.3 Å². The van der Waals surface area contributed by atoms with Crippen molar-refractivity contribution >= 4 is 29.2 Å². The Morgan fingerprint density at radius 3 is 2.53 bits per heavy atom. The summed E-state index contributed by atoms with van der Waals surface area (Å²) >= 11 is 5.83. The highest BCUT2D eigenvalue weighted by molar-refractivity contribution is 6.32. The highest BCUT2D eigenvalue weighted by Gasteiger charge is 2.37. The molecule has 0 atom stereocenters. The van der Waals surface area contributed by atoms with Crippen molar-refractivity contribution in [2.24, 2.45) is 5.41 Å². The first kappa shape index (κ1) is 15.4. The van der Waals surface area contributed by atoms with E-state index in [0.29, 0.717) is 18.5 Å². The van der Waals surface area contributed by atoms with Crippen molar-refractivity contribution in [2.75, 3.05) is 5.32 Å². The molecular weight excluding hydrogens is 268 g/mol. The van der Waals surface area contributed by atoms with Crippen LogP contribution in [0.1, 0.15) is 33.1 Å². The van der Waals surface area contributed by atoms with Gasteiger partial charge in [0, 0.05) is 12.6 Å². The van der Waals surface area contributed by atoms with Gasteiger partial charge in [-0.2, -0.15) is 0 Å². The van der Waals surface area contributed by atoms with E-state index in [9.17, 15) is 14.7 Å². The highest BCUT2D eigenvalue weighted by atomic mass is 35.5. The van der Waals surface area contributed by atoms with Gasteiger partial charge in [-0.3, -0.25) is 9.59 Å². The molecule has 0 bridgehead atoms. The Balaban J connectivity index is 2.80. The van der Waals surface area contributed by atoms with Gasteiger partial charge in [0.1, 0.15) is 0 Å². The summed E-state index contributed by atoms with van der Waals surface area (Å²) in [6, 6.07) is 3.26. The number of aromatic nitrogens is 1. The zero-order chi connectivity index (χ0) is 14.5. The second-order valence-electron chi connectivity index (χ2n) is 4.36. The van der Waals surface area contributed by atoms with Crippen molar-refractivity contribution in [3.8, 4) is 0 Å². The first-order valence-electron chi connectivity index (χ1n) is 6.09. The summed E-state index contributed by atoms with van der Waals surface area (Å²) in [6.45, 7) is 3.53. The van der Waals surface area contributed by atoms with Gasteiger partial charge < -0.3 is 10.4 Å². The van der Waals surface area contributed by atoms with Crippen LogP contribution in [-0.2, 0) is 9.59 Å². The van der Waals surface area contributed by atoms with Crippen molar-refractivity contribution in [1.82, 2.24) is 4.98 Å². The van der Waals surface area contributed by atoms with Crippen LogP contribution in [0.3, 0.4) is 0 Å². The van der Waals surface area contributed by atoms with Crippen LogP contribution < -0.4 is 5.32 Å². The molecule has 0 aliphatic rings. The predicted octanol–water partition coefficient (Wildman–Crippen LogP) is 2.95. The molecule has 2 N–H and O–H groups in total. The first-order chi connectivity index (χ1) is 8.95. The molecule has 1 aromatic rings. The third-order valence-corrected chi connectivity index (χ3v) is 3.64. The molecule has 0 spiro atoms. The molecule has 0 aliphatic carbocycles. The molecule has 19 heavy (non-hydrogen) atoms. The van der Waals surface area contributed by atoms with Crippen LogP contribution in [-0.4, -0.2) is 22.0 Å². The summed E-state index contributed by atoms with van der Waals surface area (Å²) in [7, 11) is 0. The summed E-state index contributed by atoms with van der Waals surface area (Å²) in [6.07, 6.45) is 2.22. The Morgan fingerprint density at radius 2 is 2.05 bits per heavy atom. The minimum atomic E-state index is -1.03. The van der Waals surface area contributed by atoms with Crippen LogP contribution in [0.15, 0.2) is 18.3 Å². The molecule has 0 radical (unpaired) electrons. The fourth-order valence-electron chi connectivity index (χ4n) is 1.86. The van der Waals surface area contributed by atoms with Crippen molar-refractivity contribution in [3.05, 3.63) is 23.5 Å². The van der Waals surface area contributed by atoms with E-state index in [1.54, 1.807) is 26.0 Å². The summed E-state index contributed by atoms with van der Waals surface area (Å²) in [5, 5.41) is 12.1. The van der Waals surface area contributed by atoms with Crippen molar-refractivity contribution < 1.29 is 14.7 Å². The molecule has 0 aliphatic heterocycles. The number of nitrogens with zero attached hydrogens (tertiary/aromatic N) is 1. The van der Waals surface area contributed by atoms with Gasteiger partial charge in [0.15, 0.2) is 5.15 Å². The molecule has 6 heteroatoms. The Kier molecular flexibility index (Phi) is 5.30. The minimum absolute atomic E-state index is 0.0828. The Bertz CT molecular complexity index is 473. The number of hydrogen-bond acceptors (Lipinski definition) is 3. The van der Waals surface area contributed by atoms with Gasteiger partial charge in [0.2, 0.25) is 5.91 Å². The Labute approximate surface area is 117 Å². The number of aliphatic carboxylic acids is 1. The van der Waals surface area contributed by atoms with Gasteiger partial charge >= 0.3 is 5.97 Å². The number of anilines is 1. The van der Waals surface area contributed by atoms with Crippen LogP contribution in [0.5, 0.6) is 0 Å². The lowest BCUT2D eigenvalue weighted by Gasteiger charge is -2.25. The van der Waals surface area contributed by atoms with Gasteiger partial charge in [-0.25, -0.2) is 4.98 Å². The van der Waals surface area contributed by atoms with Gasteiger partial charge in [-0.05, 0) is 25.0 Å². The van der Waals surface area contributed by atoms with Crippen LogP contribution >= 0.6 is 11.6 Å². The molecule has 0 saturated carbocycles. The lowest BCUT2D eigenvalue weighted by Crippen LogP contribution is -2.34. The maximum atomic E-state index is 11.9. The average Bonchev–Trinajstić information content (AvgIpc) is 2.38. The van der Waals surface area contributed by atoms with Crippen molar-refractivity contribution in [1.29, 1.82) is 0 Å². The number of carbonyl (C=O) groups excluding carboxylic acids is 1. The van der Waals surface area contributed by atoms with Crippen LogP contribution in [0.2, 0.25) is 5.15 Å². The Hall–Kier alpha value is -1.62. The lowest BCUT2D eigenvalue weighted by molar-refractivity contribution is -0.151. The number of carbonyl (C=O) groups is 2. The van der Waals surface area contributed by atoms with Gasteiger partial charge in [-0.15, -0.1) is 0 Å². The minimum Gasteiger partial charge on any atom is -0.481 e. The fraction of sp³-hybridized carbons (Fsp3) is 0.462. The maximum absolute atomic E-state index is 11.9. The van der Waals surface area contributed by atoms with E-state index in [1.165, 1.54) is 6.20 Å². The standard InChI is InChI=1S/C13H17ClN2O3/c1-3-13(4-2,12(18)19)8-10(17)16-9-6-5-7-15-11(9)14/h5-7H,3-4,8H2,1-2H3,(H,16,17)(H,18,19). The SMILES string of the molecule is CCC(CC)(CC(=O)Nc1cccnc1Cl)C(=O)O. The molecule has 104 valence electrons. The van der Waals surface area contributed by atoms with Gasteiger partial charge in [0.25, 0.3) is 0 Å². The van der Waals surface area contributed by atoms with E-state index >= 15 is 0 Å². The molecular formula is C13H17ClN2O3. The van der Waals surface area contributed by atoms with E-state index in [0.717, 1.165) is 0 Å². The van der Waals surface area contributed by atoms with Crippen LogP contribution in [0, 0.1) is 5.41 Å². The molecule has 0 aromatic carbocycles. The summed E-state index contributed by atoms with van der Waals surface area (Å²) in [5.74, 6) is -1.33.